The number of carbonyl (C=O) groups is 2. The summed E-state index contributed by atoms with van der Waals surface area (Å²) in [4.78, 5) is 24.7. The van der Waals surface area contributed by atoms with E-state index in [1.165, 1.54) is 4.90 Å². The third kappa shape index (κ3) is 4.21. The minimum atomic E-state index is -1.04. The number of aliphatic carboxylic acids is 1. The molecule has 0 aromatic heterocycles. The van der Waals surface area contributed by atoms with Crippen LogP contribution in [0.15, 0.2) is 18.2 Å². The third-order valence-corrected chi connectivity index (χ3v) is 3.51. The number of nitrogens with zero attached hydrogens (tertiary/aromatic N) is 1. The molecule has 1 atom stereocenters. The summed E-state index contributed by atoms with van der Waals surface area (Å²) in [5.74, 6) is -0.537. The van der Waals surface area contributed by atoms with Crippen LogP contribution in [0.1, 0.15) is 17.5 Å². The van der Waals surface area contributed by atoms with Gasteiger partial charge < -0.3 is 19.5 Å². The van der Waals surface area contributed by atoms with E-state index >= 15 is 0 Å². The largest absolute Gasteiger partial charge is 0.493 e. The van der Waals surface area contributed by atoms with Crippen molar-refractivity contribution in [2.45, 2.75) is 26.3 Å². The molecule has 1 aliphatic heterocycles. The number of aryl methyl sites for hydroxylation is 2. The second-order valence-corrected chi connectivity index (χ2v) is 5.44. The van der Waals surface area contributed by atoms with Crippen LogP contribution in [0.25, 0.3) is 0 Å². The normalized spacial score (nSPS) is 18.1. The van der Waals surface area contributed by atoms with Gasteiger partial charge in [0.1, 0.15) is 5.75 Å². The standard InChI is InChI=1S/C16H21NO5/c1-11-7-12(2)9-13(8-11)22-5-3-15(18)17-4-6-21-10-14(17)16(19)20/h7-9,14H,3-6,10H2,1-2H3,(H,19,20). The molecule has 120 valence electrons. The van der Waals surface area contributed by atoms with Crippen LogP contribution in [-0.4, -0.2) is 54.3 Å². The molecule has 0 spiro atoms. The van der Waals surface area contributed by atoms with Crippen LogP contribution in [0.4, 0.5) is 0 Å². The molecular weight excluding hydrogens is 286 g/mol. The lowest BCUT2D eigenvalue weighted by Crippen LogP contribution is -2.52. The quantitative estimate of drug-likeness (QED) is 0.889. The molecule has 22 heavy (non-hydrogen) atoms. The highest BCUT2D eigenvalue weighted by Crippen LogP contribution is 2.17. The lowest BCUT2D eigenvalue weighted by atomic mass is 10.1. The van der Waals surface area contributed by atoms with Crippen molar-refractivity contribution in [1.29, 1.82) is 0 Å². The molecule has 0 saturated carbocycles. The Morgan fingerprint density at radius 3 is 2.64 bits per heavy atom. The molecule has 1 saturated heterocycles. The maximum absolute atomic E-state index is 12.2. The monoisotopic (exact) mass is 307 g/mol. The Labute approximate surface area is 129 Å². The number of morpholine rings is 1. The molecule has 0 aliphatic carbocycles. The number of amides is 1. The molecule has 0 radical (unpaired) electrons. The van der Waals surface area contributed by atoms with Crippen molar-refractivity contribution in [3.05, 3.63) is 29.3 Å². The number of carboxylic acid groups (broad SMARTS) is 1. The Kier molecular flexibility index (Phi) is 5.38. The molecule has 1 N–H and O–H groups in total. The van der Waals surface area contributed by atoms with Crippen LogP contribution in [0.3, 0.4) is 0 Å². The Bertz CT molecular complexity index is 537. The summed E-state index contributed by atoms with van der Waals surface area (Å²) in [5.41, 5.74) is 2.20. The molecule has 1 fully saturated rings. The molecule has 1 heterocycles. The summed E-state index contributed by atoms with van der Waals surface area (Å²) >= 11 is 0. The van der Waals surface area contributed by atoms with Gasteiger partial charge in [-0.15, -0.1) is 0 Å². The number of hydrogen-bond donors (Lipinski definition) is 1. The summed E-state index contributed by atoms with van der Waals surface area (Å²) in [7, 11) is 0. The van der Waals surface area contributed by atoms with E-state index in [9.17, 15) is 9.59 Å². The highest BCUT2D eigenvalue weighted by molar-refractivity contribution is 5.84. The van der Waals surface area contributed by atoms with Crippen molar-refractivity contribution in [1.82, 2.24) is 4.90 Å². The number of hydrogen-bond acceptors (Lipinski definition) is 4. The van der Waals surface area contributed by atoms with Crippen molar-refractivity contribution >= 4 is 11.9 Å². The molecule has 6 nitrogen and oxygen atoms in total. The van der Waals surface area contributed by atoms with Gasteiger partial charge in [0.15, 0.2) is 6.04 Å². The average Bonchev–Trinajstić information content (AvgIpc) is 2.46. The van der Waals surface area contributed by atoms with Gasteiger partial charge in [-0.05, 0) is 37.1 Å². The van der Waals surface area contributed by atoms with Crippen molar-refractivity contribution < 1.29 is 24.2 Å². The van der Waals surface area contributed by atoms with E-state index in [1.54, 1.807) is 0 Å². The first-order valence-electron chi connectivity index (χ1n) is 7.28. The fourth-order valence-corrected chi connectivity index (χ4v) is 2.52. The molecule has 1 aromatic rings. The highest BCUT2D eigenvalue weighted by Gasteiger charge is 2.32. The van der Waals surface area contributed by atoms with Gasteiger partial charge in [0.05, 0.1) is 26.2 Å². The van der Waals surface area contributed by atoms with Crippen molar-refractivity contribution in [2.24, 2.45) is 0 Å². The minimum Gasteiger partial charge on any atom is -0.493 e. The van der Waals surface area contributed by atoms with Gasteiger partial charge >= 0.3 is 5.97 Å². The fourth-order valence-electron chi connectivity index (χ4n) is 2.52. The first-order chi connectivity index (χ1) is 10.5. The number of carbonyl (C=O) groups excluding carboxylic acids is 1. The summed E-state index contributed by atoms with van der Waals surface area (Å²) in [6.07, 6.45) is 0.150. The van der Waals surface area contributed by atoms with E-state index in [2.05, 4.69) is 0 Å². The Hall–Kier alpha value is -2.08. The van der Waals surface area contributed by atoms with Gasteiger partial charge in [-0.25, -0.2) is 4.79 Å². The van der Waals surface area contributed by atoms with E-state index in [0.717, 1.165) is 16.9 Å². The Balaban J connectivity index is 1.87. The molecule has 1 amide bonds. The molecule has 2 rings (SSSR count). The highest BCUT2D eigenvalue weighted by atomic mass is 16.5. The van der Waals surface area contributed by atoms with Crippen molar-refractivity contribution in [2.75, 3.05) is 26.4 Å². The smallest absolute Gasteiger partial charge is 0.328 e. The zero-order valence-corrected chi connectivity index (χ0v) is 12.9. The first kappa shape index (κ1) is 16.3. The molecule has 1 unspecified atom stereocenters. The lowest BCUT2D eigenvalue weighted by molar-refractivity contribution is -0.158. The predicted octanol–water partition coefficient (Wildman–Crippen LogP) is 1.38. The summed E-state index contributed by atoms with van der Waals surface area (Å²) < 4.78 is 10.7. The van der Waals surface area contributed by atoms with Crippen molar-refractivity contribution in [3.8, 4) is 5.75 Å². The van der Waals surface area contributed by atoms with E-state index in [1.807, 2.05) is 32.0 Å². The van der Waals surface area contributed by atoms with Crippen LogP contribution < -0.4 is 4.74 Å². The molecule has 1 aromatic carbocycles. The lowest BCUT2D eigenvalue weighted by Gasteiger charge is -2.32. The van der Waals surface area contributed by atoms with Crippen molar-refractivity contribution in [3.63, 3.8) is 0 Å². The van der Waals surface area contributed by atoms with Gasteiger partial charge in [-0.2, -0.15) is 0 Å². The van der Waals surface area contributed by atoms with E-state index < -0.39 is 12.0 Å². The Morgan fingerprint density at radius 1 is 1.32 bits per heavy atom. The van der Waals surface area contributed by atoms with E-state index in [0.29, 0.717) is 13.2 Å². The van der Waals surface area contributed by atoms with Gasteiger partial charge in [0.2, 0.25) is 5.91 Å². The number of ether oxygens (including phenoxy) is 2. The fraction of sp³-hybridized carbons (Fsp3) is 0.500. The van der Waals surface area contributed by atoms with Gasteiger partial charge in [-0.1, -0.05) is 6.07 Å². The number of benzene rings is 1. The van der Waals surface area contributed by atoms with E-state index in [-0.39, 0.29) is 25.5 Å². The maximum atomic E-state index is 12.2. The second-order valence-electron chi connectivity index (χ2n) is 5.44. The van der Waals surface area contributed by atoms with Crippen LogP contribution >= 0.6 is 0 Å². The molecule has 0 bridgehead atoms. The SMILES string of the molecule is Cc1cc(C)cc(OCCC(=O)N2CCOCC2C(=O)O)c1. The Morgan fingerprint density at radius 2 is 2.00 bits per heavy atom. The first-order valence-corrected chi connectivity index (χ1v) is 7.28. The molecule has 1 aliphatic rings. The van der Waals surface area contributed by atoms with Gasteiger partial charge in [0.25, 0.3) is 0 Å². The van der Waals surface area contributed by atoms with Crippen LogP contribution in [0, 0.1) is 13.8 Å². The third-order valence-electron chi connectivity index (χ3n) is 3.51. The average molecular weight is 307 g/mol. The summed E-state index contributed by atoms with van der Waals surface area (Å²) in [5, 5.41) is 9.12. The number of carboxylic acids is 1. The predicted molar refractivity (Wildman–Crippen MR) is 80.0 cm³/mol. The number of rotatable bonds is 5. The zero-order chi connectivity index (χ0) is 16.1. The second kappa shape index (κ2) is 7.26. The molecule has 6 heteroatoms. The van der Waals surface area contributed by atoms with Crippen LogP contribution in [0.2, 0.25) is 0 Å². The topological polar surface area (TPSA) is 76.1 Å². The van der Waals surface area contributed by atoms with Crippen LogP contribution in [0.5, 0.6) is 5.75 Å². The van der Waals surface area contributed by atoms with Gasteiger partial charge in [0, 0.05) is 6.54 Å². The molecular formula is C16H21NO5. The summed E-state index contributed by atoms with van der Waals surface area (Å²) in [6.45, 7) is 4.91. The maximum Gasteiger partial charge on any atom is 0.328 e. The zero-order valence-electron chi connectivity index (χ0n) is 12.9. The van der Waals surface area contributed by atoms with Gasteiger partial charge in [-0.3, -0.25) is 4.79 Å². The summed E-state index contributed by atoms with van der Waals surface area (Å²) in [6, 6.07) is 4.96. The minimum absolute atomic E-state index is 0.0407. The van der Waals surface area contributed by atoms with Crippen LogP contribution in [-0.2, 0) is 14.3 Å². The van der Waals surface area contributed by atoms with E-state index in [4.69, 9.17) is 14.6 Å².